The Balaban J connectivity index is 1.54. The van der Waals surface area contributed by atoms with Gasteiger partial charge < -0.3 is 5.32 Å². The number of aryl methyl sites for hydroxylation is 2. The summed E-state index contributed by atoms with van der Waals surface area (Å²) in [7, 11) is 1.63. The summed E-state index contributed by atoms with van der Waals surface area (Å²) in [5, 5.41) is 6.84. The van der Waals surface area contributed by atoms with Crippen molar-refractivity contribution in [3.05, 3.63) is 51.7 Å². The van der Waals surface area contributed by atoms with Gasteiger partial charge in [0, 0.05) is 38.5 Å². The maximum Gasteiger partial charge on any atom is 0.345 e. The number of nitrogens with one attached hydrogen (secondary N) is 1. The number of aromatic nitrogens is 3. The van der Waals surface area contributed by atoms with E-state index >= 15 is 0 Å². The van der Waals surface area contributed by atoms with Gasteiger partial charge in [-0.05, 0) is 37.0 Å². The first kappa shape index (κ1) is 17.3. The zero-order valence-corrected chi connectivity index (χ0v) is 14.0. The van der Waals surface area contributed by atoms with Crippen molar-refractivity contribution in [3.63, 3.8) is 0 Å². The molecule has 134 valence electrons. The molecular formula is C17H20F2N4O2. The first-order valence-electron chi connectivity index (χ1n) is 8.27. The highest BCUT2D eigenvalue weighted by Gasteiger charge is 2.22. The van der Waals surface area contributed by atoms with Crippen LogP contribution in [0.4, 0.5) is 8.78 Å². The number of halogens is 2. The molecule has 0 radical (unpaired) electrons. The standard InChI is InChI=1S/C17H20F2N4O2/c1-22-17(25)23-7-6-11(2-5-15(23)21-22)8-16(24)20-10-12-9-13(18)3-4-14(12)19/h3-4,9,11H,2,5-8,10H2,1H3,(H,20,24). The van der Waals surface area contributed by atoms with Crippen molar-refractivity contribution in [2.75, 3.05) is 0 Å². The van der Waals surface area contributed by atoms with Gasteiger partial charge in [-0.15, -0.1) is 0 Å². The Hall–Kier alpha value is -2.51. The van der Waals surface area contributed by atoms with E-state index in [1.165, 1.54) is 4.68 Å². The van der Waals surface area contributed by atoms with Gasteiger partial charge in [0.05, 0.1) is 0 Å². The third kappa shape index (κ3) is 3.94. The molecule has 8 heteroatoms. The second kappa shape index (κ2) is 7.16. The van der Waals surface area contributed by atoms with Crippen LogP contribution in [0.15, 0.2) is 23.0 Å². The smallest absolute Gasteiger partial charge is 0.345 e. The number of fused-ring (bicyclic) bond motifs is 1. The summed E-state index contributed by atoms with van der Waals surface area (Å²) in [6.07, 6.45) is 2.41. The molecule has 0 bridgehead atoms. The van der Waals surface area contributed by atoms with Gasteiger partial charge >= 0.3 is 5.69 Å². The fourth-order valence-corrected chi connectivity index (χ4v) is 3.16. The van der Waals surface area contributed by atoms with Crippen molar-refractivity contribution < 1.29 is 13.6 Å². The average molecular weight is 350 g/mol. The molecular weight excluding hydrogens is 330 g/mol. The topological polar surface area (TPSA) is 68.9 Å². The largest absolute Gasteiger partial charge is 0.352 e. The molecule has 0 fully saturated rings. The number of hydrogen-bond donors (Lipinski definition) is 1. The van der Waals surface area contributed by atoms with Crippen molar-refractivity contribution in [3.8, 4) is 0 Å². The third-order valence-corrected chi connectivity index (χ3v) is 4.58. The summed E-state index contributed by atoms with van der Waals surface area (Å²) >= 11 is 0. The molecule has 2 aromatic rings. The fraction of sp³-hybridized carbons (Fsp3) is 0.471. The van der Waals surface area contributed by atoms with E-state index in [1.54, 1.807) is 11.6 Å². The van der Waals surface area contributed by atoms with Gasteiger partial charge in [-0.1, -0.05) is 0 Å². The number of hydrogen-bond acceptors (Lipinski definition) is 3. The van der Waals surface area contributed by atoms with Crippen LogP contribution in [-0.4, -0.2) is 20.3 Å². The first-order valence-corrected chi connectivity index (χ1v) is 8.27. The normalized spacial score (nSPS) is 17.0. The molecule has 0 aliphatic carbocycles. The Morgan fingerprint density at radius 1 is 1.36 bits per heavy atom. The van der Waals surface area contributed by atoms with Gasteiger partial charge in [-0.25, -0.2) is 18.3 Å². The maximum atomic E-state index is 13.6. The van der Waals surface area contributed by atoms with Crippen LogP contribution in [0.25, 0.3) is 0 Å². The molecule has 0 spiro atoms. The quantitative estimate of drug-likeness (QED) is 0.909. The highest BCUT2D eigenvalue weighted by molar-refractivity contribution is 5.76. The monoisotopic (exact) mass is 350 g/mol. The molecule has 1 amide bonds. The first-order chi connectivity index (χ1) is 11.9. The Bertz CT molecular complexity index is 844. The molecule has 1 unspecified atom stereocenters. The maximum absolute atomic E-state index is 13.6. The van der Waals surface area contributed by atoms with Gasteiger partial charge in [-0.3, -0.25) is 9.36 Å². The number of amides is 1. The van der Waals surface area contributed by atoms with E-state index in [9.17, 15) is 18.4 Å². The molecule has 3 rings (SSSR count). The molecule has 1 atom stereocenters. The number of carbonyl (C=O) groups excluding carboxylic acids is 1. The van der Waals surface area contributed by atoms with Crippen molar-refractivity contribution in [1.29, 1.82) is 0 Å². The van der Waals surface area contributed by atoms with Crippen LogP contribution >= 0.6 is 0 Å². The van der Waals surface area contributed by atoms with E-state index < -0.39 is 11.6 Å². The summed E-state index contributed by atoms with van der Waals surface area (Å²) in [6.45, 7) is 0.496. The summed E-state index contributed by atoms with van der Waals surface area (Å²) < 4.78 is 29.7. The lowest BCUT2D eigenvalue weighted by atomic mass is 9.96. The zero-order valence-electron chi connectivity index (χ0n) is 14.0. The molecule has 25 heavy (non-hydrogen) atoms. The van der Waals surface area contributed by atoms with Gasteiger partial charge in [0.2, 0.25) is 5.91 Å². The molecule has 0 saturated heterocycles. The second-order valence-corrected chi connectivity index (χ2v) is 6.38. The van der Waals surface area contributed by atoms with Gasteiger partial charge in [0.25, 0.3) is 0 Å². The highest BCUT2D eigenvalue weighted by atomic mass is 19.1. The Labute approximate surface area is 143 Å². The fourth-order valence-electron chi connectivity index (χ4n) is 3.16. The van der Waals surface area contributed by atoms with Gasteiger partial charge in [0.1, 0.15) is 17.5 Å². The number of rotatable bonds is 4. The molecule has 1 aliphatic rings. The predicted octanol–water partition coefficient (Wildman–Crippen LogP) is 1.52. The number of nitrogens with zero attached hydrogens (tertiary/aromatic N) is 3. The SMILES string of the molecule is Cn1nc2n(c1=O)CCC(CC(=O)NCc1cc(F)ccc1F)CC2. The van der Waals surface area contributed by atoms with Crippen LogP contribution in [0.3, 0.4) is 0 Å². The predicted molar refractivity (Wildman–Crippen MR) is 86.7 cm³/mol. The Kier molecular flexibility index (Phi) is 4.96. The van der Waals surface area contributed by atoms with Gasteiger partial charge in [0.15, 0.2) is 0 Å². The van der Waals surface area contributed by atoms with Crippen molar-refractivity contribution in [2.24, 2.45) is 13.0 Å². The van der Waals surface area contributed by atoms with Crippen LogP contribution in [0.1, 0.15) is 30.7 Å². The van der Waals surface area contributed by atoms with Crippen LogP contribution in [0.5, 0.6) is 0 Å². The van der Waals surface area contributed by atoms with Crippen LogP contribution < -0.4 is 11.0 Å². The lowest BCUT2D eigenvalue weighted by molar-refractivity contribution is -0.122. The van der Waals surface area contributed by atoms with E-state index in [0.717, 1.165) is 30.4 Å². The van der Waals surface area contributed by atoms with Crippen LogP contribution in [-0.2, 0) is 31.4 Å². The van der Waals surface area contributed by atoms with E-state index in [4.69, 9.17) is 0 Å². The minimum atomic E-state index is -0.544. The molecule has 1 aromatic heterocycles. The van der Waals surface area contributed by atoms with Crippen LogP contribution in [0.2, 0.25) is 0 Å². The van der Waals surface area contributed by atoms with Gasteiger partial charge in [-0.2, -0.15) is 5.10 Å². The Morgan fingerprint density at radius 3 is 2.96 bits per heavy atom. The van der Waals surface area contributed by atoms with E-state index in [-0.39, 0.29) is 29.6 Å². The van der Waals surface area contributed by atoms with Crippen molar-refractivity contribution >= 4 is 5.91 Å². The summed E-state index contributed by atoms with van der Waals surface area (Å²) in [4.78, 5) is 24.0. The summed E-state index contributed by atoms with van der Waals surface area (Å²) in [5.74, 6) is -0.412. The van der Waals surface area contributed by atoms with Crippen LogP contribution in [0, 0.1) is 17.6 Å². The molecule has 1 aliphatic heterocycles. The third-order valence-electron chi connectivity index (χ3n) is 4.58. The molecule has 0 saturated carbocycles. The zero-order chi connectivity index (χ0) is 18.0. The summed E-state index contributed by atoms with van der Waals surface area (Å²) in [5.41, 5.74) is -0.0143. The summed E-state index contributed by atoms with van der Waals surface area (Å²) in [6, 6.07) is 3.17. The molecule has 1 aromatic carbocycles. The number of benzene rings is 1. The average Bonchev–Trinajstić information content (AvgIpc) is 2.72. The van der Waals surface area contributed by atoms with Crippen molar-refractivity contribution in [2.45, 2.75) is 38.8 Å². The highest BCUT2D eigenvalue weighted by Crippen LogP contribution is 2.21. The second-order valence-electron chi connectivity index (χ2n) is 6.38. The van der Waals surface area contributed by atoms with E-state index in [1.807, 2.05) is 0 Å². The van der Waals surface area contributed by atoms with E-state index in [2.05, 4.69) is 10.4 Å². The minimum Gasteiger partial charge on any atom is -0.352 e. The minimum absolute atomic E-state index is 0.0444. The molecule has 2 heterocycles. The lowest BCUT2D eigenvalue weighted by Gasteiger charge is -2.13. The number of carbonyl (C=O) groups is 1. The molecule has 6 nitrogen and oxygen atoms in total. The van der Waals surface area contributed by atoms with E-state index in [0.29, 0.717) is 25.8 Å². The Morgan fingerprint density at radius 2 is 2.16 bits per heavy atom. The van der Waals surface area contributed by atoms with Crippen molar-refractivity contribution in [1.82, 2.24) is 19.7 Å². The lowest BCUT2D eigenvalue weighted by Crippen LogP contribution is -2.26. The molecule has 1 N–H and O–H groups in total.